The third-order valence-corrected chi connectivity index (χ3v) is 5.76. The van der Waals surface area contributed by atoms with E-state index in [1.807, 2.05) is 7.05 Å². The van der Waals surface area contributed by atoms with Gasteiger partial charge in [0.05, 0.1) is 18.1 Å². The molecule has 2 N–H and O–H groups in total. The third-order valence-electron chi connectivity index (χ3n) is 3.85. The van der Waals surface area contributed by atoms with Crippen LogP contribution in [-0.4, -0.2) is 58.5 Å². The molecule has 0 saturated carbocycles. The molecule has 1 fully saturated rings. The SMILES string of the molecule is CNCCCC(=O)NCc1ccc(S(=O)(=O)N2CCOCC2)cc1.Cl. The van der Waals surface area contributed by atoms with Crippen LogP contribution in [-0.2, 0) is 26.1 Å². The number of hydrogen-bond donors (Lipinski definition) is 2. The second kappa shape index (κ2) is 10.7. The molecule has 1 aromatic rings. The van der Waals surface area contributed by atoms with Crippen molar-refractivity contribution in [3.05, 3.63) is 29.8 Å². The van der Waals surface area contributed by atoms with Crippen LogP contribution in [0.4, 0.5) is 0 Å². The standard InChI is InChI=1S/C16H25N3O4S.ClH/c1-17-8-2-3-16(20)18-13-14-4-6-15(7-5-14)24(21,22)19-9-11-23-12-10-19;/h4-7,17H,2-3,8-13H2,1H3,(H,18,20);1H. The number of morpholine rings is 1. The Kier molecular flexibility index (Phi) is 9.37. The lowest BCUT2D eigenvalue weighted by Gasteiger charge is -2.26. The molecule has 2 rings (SSSR count). The van der Waals surface area contributed by atoms with Crippen molar-refractivity contribution in [2.24, 2.45) is 0 Å². The minimum atomic E-state index is -3.47. The monoisotopic (exact) mass is 391 g/mol. The van der Waals surface area contributed by atoms with Crippen molar-refractivity contribution in [2.45, 2.75) is 24.3 Å². The van der Waals surface area contributed by atoms with Crippen LogP contribution in [0.5, 0.6) is 0 Å². The van der Waals surface area contributed by atoms with Crippen molar-refractivity contribution in [3.8, 4) is 0 Å². The number of halogens is 1. The molecule has 9 heteroatoms. The van der Waals surface area contributed by atoms with Crippen molar-refractivity contribution < 1.29 is 17.9 Å². The average Bonchev–Trinajstić information content (AvgIpc) is 2.61. The highest BCUT2D eigenvalue weighted by molar-refractivity contribution is 7.89. The van der Waals surface area contributed by atoms with Crippen molar-refractivity contribution in [1.29, 1.82) is 0 Å². The summed E-state index contributed by atoms with van der Waals surface area (Å²) in [5.41, 5.74) is 0.873. The normalized spacial score (nSPS) is 15.4. The summed E-state index contributed by atoms with van der Waals surface area (Å²) in [5, 5.41) is 5.83. The molecule has 0 unspecified atom stereocenters. The topological polar surface area (TPSA) is 87.7 Å². The van der Waals surface area contributed by atoms with E-state index in [-0.39, 0.29) is 23.2 Å². The number of carbonyl (C=O) groups excluding carboxylic acids is 1. The van der Waals surface area contributed by atoms with E-state index >= 15 is 0 Å². The fraction of sp³-hybridized carbons (Fsp3) is 0.562. The van der Waals surface area contributed by atoms with E-state index in [1.165, 1.54) is 4.31 Å². The highest BCUT2D eigenvalue weighted by atomic mass is 35.5. The fourth-order valence-corrected chi connectivity index (χ4v) is 3.84. The van der Waals surface area contributed by atoms with Crippen LogP contribution in [0.15, 0.2) is 29.2 Å². The highest BCUT2D eigenvalue weighted by Gasteiger charge is 2.25. The summed E-state index contributed by atoms with van der Waals surface area (Å²) in [6.45, 7) is 2.82. The molecule has 25 heavy (non-hydrogen) atoms. The average molecular weight is 392 g/mol. The lowest BCUT2D eigenvalue weighted by molar-refractivity contribution is -0.121. The lowest BCUT2D eigenvalue weighted by atomic mass is 10.2. The summed E-state index contributed by atoms with van der Waals surface area (Å²) in [6.07, 6.45) is 1.27. The maximum Gasteiger partial charge on any atom is 0.243 e. The Balaban J connectivity index is 0.00000312. The van der Waals surface area contributed by atoms with E-state index in [4.69, 9.17) is 4.74 Å². The van der Waals surface area contributed by atoms with Gasteiger partial charge in [0.1, 0.15) is 0 Å². The molecule has 0 radical (unpaired) electrons. The molecule has 1 aromatic carbocycles. The zero-order valence-corrected chi connectivity index (χ0v) is 16.0. The smallest absolute Gasteiger partial charge is 0.243 e. The maximum atomic E-state index is 12.5. The number of nitrogens with one attached hydrogen (secondary N) is 2. The van der Waals surface area contributed by atoms with Gasteiger partial charge in [-0.05, 0) is 37.7 Å². The van der Waals surface area contributed by atoms with Crippen molar-refractivity contribution in [1.82, 2.24) is 14.9 Å². The summed E-state index contributed by atoms with van der Waals surface area (Å²) in [6, 6.07) is 6.66. The van der Waals surface area contributed by atoms with Gasteiger partial charge in [-0.25, -0.2) is 8.42 Å². The molecule has 1 aliphatic rings. The first kappa shape index (κ1) is 21.9. The molecular weight excluding hydrogens is 366 g/mol. The number of ether oxygens (including phenoxy) is 1. The van der Waals surface area contributed by atoms with E-state index in [0.29, 0.717) is 39.3 Å². The van der Waals surface area contributed by atoms with Gasteiger partial charge in [-0.15, -0.1) is 12.4 Å². The second-order valence-corrected chi connectivity index (χ2v) is 7.58. The van der Waals surface area contributed by atoms with Gasteiger partial charge in [-0.2, -0.15) is 4.31 Å². The number of sulfonamides is 1. The maximum absolute atomic E-state index is 12.5. The van der Waals surface area contributed by atoms with Crippen molar-refractivity contribution in [3.63, 3.8) is 0 Å². The molecule has 0 bridgehead atoms. The van der Waals surface area contributed by atoms with Gasteiger partial charge in [0.2, 0.25) is 15.9 Å². The summed E-state index contributed by atoms with van der Waals surface area (Å²) < 4.78 is 31.6. The van der Waals surface area contributed by atoms with Gasteiger partial charge < -0.3 is 15.4 Å². The summed E-state index contributed by atoms with van der Waals surface area (Å²) in [7, 11) is -1.61. The van der Waals surface area contributed by atoms with Crippen LogP contribution in [0.3, 0.4) is 0 Å². The number of rotatable bonds is 8. The van der Waals surface area contributed by atoms with Gasteiger partial charge in [0.15, 0.2) is 0 Å². The van der Waals surface area contributed by atoms with Crippen LogP contribution >= 0.6 is 12.4 Å². The molecule has 142 valence electrons. The molecule has 7 nitrogen and oxygen atoms in total. The molecule has 1 saturated heterocycles. The fourth-order valence-electron chi connectivity index (χ4n) is 2.43. The Hall–Kier alpha value is -1.19. The third kappa shape index (κ3) is 6.56. The van der Waals surface area contributed by atoms with Gasteiger partial charge in [0.25, 0.3) is 0 Å². The quantitative estimate of drug-likeness (QED) is 0.638. The highest BCUT2D eigenvalue weighted by Crippen LogP contribution is 2.17. The van der Waals surface area contributed by atoms with Gasteiger partial charge in [-0.1, -0.05) is 12.1 Å². The van der Waals surface area contributed by atoms with Gasteiger partial charge in [0, 0.05) is 26.1 Å². The summed E-state index contributed by atoms with van der Waals surface area (Å²) in [5.74, 6) is -0.00438. The summed E-state index contributed by atoms with van der Waals surface area (Å²) in [4.78, 5) is 11.9. The van der Waals surface area contributed by atoms with Gasteiger partial charge in [-0.3, -0.25) is 4.79 Å². The number of hydrogen-bond acceptors (Lipinski definition) is 5. The molecular formula is C16H26ClN3O4S. The van der Waals surface area contributed by atoms with Gasteiger partial charge >= 0.3 is 0 Å². The Labute approximate surface area is 155 Å². The molecule has 1 amide bonds. The second-order valence-electron chi connectivity index (χ2n) is 5.64. The first-order valence-corrected chi connectivity index (χ1v) is 9.56. The van der Waals surface area contributed by atoms with E-state index in [0.717, 1.165) is 18.5 Å². The van der Waals surface area contributed by atoms with Crippen molar-refractivity contribution in [2.75, 3.05) is 39.9 Å². The Morgan fingerprint density at radius 3 is 2.44 bits per heavy atom. The molecule has 0 aliphatic carbocycles. The largest absolute Gasteiger partial charge is 0.379 e. The first-order valence-electron chi connectivity index (χ1n) is 8.12. The molecule has 0 spiro atoms. The van der Waals surface area contributed by atoms with E-state index in [2.05, 4.69) is 10.6 Å². The molecule has 1 heterocycles. The van der Waals surface area contributed by atoms with E-state index in [1.54, 1.807) is 24.3 Å². The van der Waals surface area contributed by atoms with E-state index in [9.17, 15) is 13.2 Å². The Bertz CT molecular complexity index is 631. The van der Waals surface area contributed by atoms with E-state index < -0.39 is 10.0 Å². The minimum Gasteiger partial charge on any atom is -0.379 e. The number of amides is 1. The number of nitrogens with zero attached hydrogens (tertiary/aromatic N) is 1. The zero-order chi connectivity index (χ0) is 17.4. The number of benzene rings is 1. The Morgan fingerprint density at radius 1 is 1.20 bits per heavy atom. The number of carbonyl (C=O) groups is 1. The predicted octanol–water partition coefficient (Wildman–Crippen LogP) is 0.745. The summed E-state index contributed by atoms with van der Waals surface area (Å²) >= 11 is 0. The molecule has 0 atom stereocenters. The molecule has 1 aliphatic heterocycles. The minimum absolute atomic E-state index is 0. The first-order chi connectivity index (χ1) is 11.5. The van der Waals surface area contributed by atoms with Crippen LogP contribution in [0.1, 0.15) is 18.4 Å². The van der Waals surface area contributed by atoms with Crippen molar-refractivity contribution >= 4 is 28.3 Å². The predicted molar refractivity (Wildman–Crippen MR) is 98.3 cm³/mol. The van der Waals surface area contributed by atoms with Crippen LogP contribution in [0, 0.1) is 0 Å². The zero-order valence-electron chi connectivity index (χ0n) is 14.4. The lowest BCUT2D eigenvalue weighted by Crippen LogP contribution is -2.40. The molecule has 0 aromatic heterocycles. The van der Waals surface area contributed by atoms with Crippen LogP contribution in [0.25, 0.3) is 0 Å². The van der Waals surface area contributed by atoms with Crippen LogP contribution in [0.2, 0.25) is 0 Å². The Morgan fingerprint density at radius 2 is 1.84 bits per heavy atom. The van der Waals surface area contributed by atoms with Crippen LogP contribution < -0.4 is 10.6 Å².